The van der Waals surface area contributed by atoms with E-state index in [1.807, 2.05) is 24.3 Å². The van der Waals surface area contributed by atoms with E-state index >= 15 is 0 Å². The van der Waals surface area contributed by atoms with Gasteiger partial charge in [0.2, 0.25) is 11.8 Å². The summed E-state index contributed by atoms with van der Waals surface area (Å²) in [4.78, 5) is 0. The summed E-state index contributed by atoms with van der Waals surface area (Å²) in [6.45, 7) is 3.09. The zero-order valence-electron chi connectivity index (χ0n) is 8.90. The van der Waals surface area contributed by atoms with Gasteiger partial charge < -0.3 is 9.73 Å². The molecule has 0 unspecified atom stereocenters. The molecule has 0 radical (unpaired) electrons. The average Bonchev–Trinajstić information content (AvgIpc) is 2.67. The van der Waals surface area contributed by atoms with Gasteiger partial charge in [0.1, 0.15) is 0 Å². The molecule has 84 valence electrons. The molecular formula is C11H12ClN3O. The van der Waals surface area contributed by atoms with Gasteiger partial charge in [-0.3, -0.25) is 0 Å². The van der Waals surface area contributed by atoms with Gasteiger partial charge in [-0.05, 0) is 17.7 Å². The number of nitrogens with zero attached hydrogens (tertiary/aromatic N) is 2. The van der Waals surface area contributed by atoms with Gasteiger partial charge in [-0.25, -0.2) is 0 Å². The fourth-order valence-corrected chi connectivity index (χ4v) is 1.45. The number of rotatable bonds is 4. The fourth-order valence-electron chi connectivity index (χ4n) is 1.32. The van der Waals surface area contributed by atoms with Gasteiger partial charge >= 0.3 is 0 Å². The van der Waals surface area contributed by atoms with E-state index < -0.39 is 0 Å². The number of benzene rings is 1. The predicted molar refractivity (Wildman–Crippen MR) is 61.0 cm³/mol. The minimum absolute atomic E-state index is 0.573. The van der Waals surface area contributed by atoms with Crippen molar-refractivity contribution in [1.29, 1.82) is 0 Å². The van der Waals surface area contributed by atoms with Gasteiger partial charge in [0.25, 0.3) is 0 Å². The van der Waals surface area contributed by atoms with Crippen LogP contribution in [-0.2, 0) is 13.1 Å². The molecule has 0 saturated carbocycles. The van der Waals surface area contributed by atoms with Crippen molar-refractivity contribution >= 4 is 11.6 Å². The van der Waals surface area contributed by atoms with E-state index in [9.17, 15) is 0 Å². The summed E-state index contributed by atoms with van der Waals surface area (Å²) in [5, 5.41) is 11.6. The summed E-state index contributed by atoms with van der Waals surface area (Å²) in [7, 11) is 0. The fraction of sp³-hybridized carbons (Fsp3) is 0.273. The van der Waals surface area contributed by atoms with Crippen LogP contribution in [0.3, 0.4) is 0 Å². The Hall–Kier alpha value is -1.39. The maximum atomic E-state index is 5.79. The first-order chi connectivity index (χ1) is 7.74. The van der Waals surface area contributed by atoms with Gasteiger partial charge in [0, 0.05) is 18.5 Å². The Kier molecular flexibility index (Phi) is 3.54. The number of aryl methyl sites for hydroxylation is 1. The average molecular weight is 238 g/mol. The molecule has 1 N–H and O–H groups in total. The number of halogens is 1. The molecule has 1 aromatic carbocycles. The van der Waals surface area contributed by atoms with Crippen LogP contribution in [0.25, 0.3) is 0 Å². The van der Waals surface area contributed by atoms with E-state index in [1.165, 1.54) is 5.56 Å². The smallest absolute Gasteiger partial charge is 0.230 e. The molecule has 0 atom stereocenters. The minimum atomic E-state index is 0.573. The molecule has 0 aliphatic carbocycles. The van der Waals surface area contributed by atoms with Crippen molar-refractivity contribution in [1.82, 2.24) is 15.5 Å². The van der Waals surface area contributed by atoms with E-state index in [2.05, 4.69) is 15.5 Å². The number of hydrogen-bond donors (Lipinski definition) is 1. The lowest BCUT2D eigenvalue weighted by atomic mass is 10.2. The van der Waals surface area contributed by atoms with Crippen LogP contribution < -0.4 is 5.32 Å². The maximum Gasteiger partial charge on any atom is 0.230 e. The molecule has 0 fully saturated rings. The molecule has 0 bridgehead atoms. The van der Waals surface area contributed by atoms with Crippen molar-refractivity contribution in [2.24, 2.45) is 0 Å². The van der Waals surface area contributed by atoms with E-state index in [4.69, 9.17) is 16.0 Å². The quantitative estimate of drug-likeness (QED) is 0.887. The van der Waals surface area contributed by atoms with Crippen LogP contribution in [-0.4, -0.2) is 10.2 Å². The SMILES string of the molecule is Cc1nnc(CNCc2ccc(Cl)cc2)o1. The van der Waals surface area contributed by atoms with Crippen LogP contribution in [0.15, 0.2) is 28.7 Å². The molecule has 2 rings (SSSR count). The van der Waals surface area contributed by atoms with Crippen molar-refractivity contribution in [3.8, 4) is 0 Å². The lowest BCUT2D eigenvalue weighted by Gasteiger charge is -2.01. The lowest BCUT2D eigenvalue weighted by Crippen LogP contribution is -2.12. The summed E-state index contributed by atoms with van der Waals surface area (Å²) in [5.41, 5.74) is 1.17. The van der Waals surface area contributed by atoms with Crippen LogP contribution in [0.5, 0.6) is 0 Å². The van der Waals surface area contributed by atoms with Crippen LogP contribution >= 0.6 is 11.6 Å². The van der Waals surface area contributed by atoms with Gasteiger partial charge in [0.05, 0.1) is 6.54 Å². The maximum absolute atomic E-state index is 5.79. The molecule has 5 heteroatoms. The van der Waals surface area contributed by atoms with Crippen LogP contribution in [0.4, 0.5) is 0 Å². The first kappa shape index (κ1) is 11.1. The summed E-state index contributed by atoms with van der Waals surface area (Å²) < 4.78 is 5.23. The highest BCUT2D eigenvalue weighted by Crippen LogP contribution is 2.09. The predicted octanol–water partition coefficient (Wildman–Crippen LogP) is 2.32. The Balaban J connectivity index is 1.82. The molecule has 0 spiro atoms. The van der Waals surface area contributed by atoms with Gasteiger partial charge in [-0.1, -0.05) is 23.7 Å². The van der Waals surface area contributed by atoms with Crippen molar-refractivity contribution < 1.29 is 4.42 Å². The molecule has 4 nitrogen and oxygen atoms in total. The molecule has 1 heterocycles. The zero-order chi connectivity index (χ0) is 11.4. The van der Waals surface area contributed by atoms with Gasteiger partial charge in [-0.2, -0.15) is 0 Å². The molecule has 0 saturated heterocycles. The highest BCUT2D eigenvalue weighted by atomic mass is 35.5. The second kappa shape index (κ2) is 5.09. The second-order valence-corrected chi connectivity index (χ2v) is 3.88. The van der Waals surface area contributed by atoms with Gasteiger partial charge in [-0.15, -0.1) is 10.2 Å². The number of aromatic nitrogens is 2. The van der Waals surface area contributed by atoms with Crippen LogP contribution in [0, 0.1) is 6.92 Å². The molecule has 2 aromatic rings. The van der Waals surface area contributed by atoms with Gasteiger partial charge in [0.15, 0.2) is 0 Å². The van der Waals surface area contributed by atoms with E-state index in [1.54, 1.807) is 6.92 Å². The largest absolute Gasteiger partial charge is 0.424 e. The summed E-state index contributed by atoms with van der Waals surface area (Å²) >= 11 is 5.79. The third-order valence-electron chi connectivity index (χ3n) is 2.09. The Morgan fingerprint density at radius 3 is 2.56 bits per heavy atom. The first-order valence-electron chi connectivity index (χ1n) is 4.98. The third-order valence-corrected chi connectivity index (χ3v) is 2.34. The van der Waals surface area contributed by atoms with Crippen molar-refractivity contribution in [3.05, 3.63) is 46.6 Å². The number of nitrogens with one attached hydrogen (secondary N) is 1. The molecule has 16 heavy (non-hydrogen) atoms. The second-order valence-electron chi connectivity index (χ2n) is 3.44. The Morgan fingerprint density at radius 1 is 1.19 bits per heavy atom. The highest BCUT2D eigenvalue weighted by molar-refractivity contribution is 6.30. The van der Waals surface area contributed by atoms with Crippen molar-refractivity contribution in [2.45, 2.75) is 20.0 Å². The summed E-state index contributed by atoms with van der Waals surface area (Å²) in [5.74, 6) is 1.19. The minimum Gasteiger partial charge on any atom is -0.424 e. The van der Waals surface area contributed by atoms with Crippen LogP contribution in [0.1, 0.15) is 17.3 Å². The highest BCUT2D eigenvalue weighted by Gasteiger charge is 2.00. The molecule has 0 aliphatic rings. The van der Waals surface area contributed by atoms with Crippen molar-refractivity contribution in [3.63, 3.8) is 0 Å². The van der Waals surface area contributed by atoms with E-state index in [0.29, 0.717) is 18.3 Å². The molecule has 1 aromatic heterocycles. The van der Waals surface area contributed by atoms with E-state index in [0.717, 1.165) is 11.6 Å². The molecule has 0 aliphatic heterocycles. The first-order valence-corrected chi connectivity index (χ1v) is 5.36. The zero-order valence-corrected chi connectivity index (χ0v) is 9.66. The van der Waals surface area contributed by atoms with E-state index in [-0.39, 0.29) is 0 Å². The normalized spacial score (nSPS) is 10.6. The lowest BCUT2D eigenvalue weighted by molar-refractivity contribution is 0.447. The molecular weight excluding hydrogens is 226 g/mol. The van der Waals surface area contributed by atoms with Crippen molar-refractivity contribution in [2.75, 3.05) is 0 Å². The third kappa shape index (κ3) is 3.05. The Bertz CT molecular complexity index is 453. The monoisotopic (exact) mass is 237 g/mol. The summed E-state index contributed by atoms with van der Waals surface area (Å²) in [6, 6.07) is 7.70. The topological polar surface area (TPSA) is 51.0 Å². The standard InChI is InChI=1S/C11H12ClN3O/c1-8-14-15-11(16-8)7-13-6-9-2-4-10(12)5-3-9/h2-5,13H,6-7H2,1H3. The number of hydrogen-bond acceptors (Lipinski definition) is 4. The Morgan fingerprint density at radius 2 is 1.94 bits per heavy atom. The molecule has 0 amide bonds. The Labute approximate surface area is 98.6 Å². The summed E-state index contributed by atoms with van der Waals surface area (Å²) in [6.07, 6.45) is 0. The van der Waals surface area contributed by atoms with Crippen LogP contribution in [0.2, 0.25) is 5.02 Å².